The molecule has 1 fully saturated rings. The Morgan fingerprint density at radius 3 is 2.85 bits per heavy atom. The number of hydrogen-bond acceptors (Lipinski definition) is 5. The van der Waals surface area contributed by atoms with Gasteiger partial charge in [-0.3, -0.25) is 9.89 Å². The predicted octanol–water partition coefficient (Wildman–Crippen LogP) is 3.82. The van der Waals surface area contributed by atoms with Crippen LogP contribution in [0.25, 0.3) is 0 Å². The van der Waals surface area contributed by atoms with Gasteiger partial charge in [0, 0.05) is 11.3 Å². The first-order chi connectivity index (χ1) is 12.8. The van der Waals surface area contributed by atoms with Gasteiger partial charge in [0.25, 0.3) is 0 Å². The molecule has 26 heavy (non-hydrogen) atoms. The van der Waals surface area contributed by atoms with Crippen LogP contribution >= 0.6 is 23.1 Å². The van der Waals surface area contributed by atoms with Crippen molar-refractivity contribution in [3.63, 3.8) is 0 Å². The lowest BCUT2D eigenvalue weighted by molar-refractivity contribution is -0.119. The highest BCUT2D eigenvalue weighted by molar-refractivity contribution is 7.99. The topological polar surface area (TPSA) is 70.7 Å². The monoisotopic (exact) mass is 384 g/mol. The number of carbonyl (C=O) groups is 1. The van der Waals surface area contributed by atoms with Gasteiger partial charge in [-0.05, 0) is 35.8 Å². The second-order valence-electron chi connectivity index (χ2n) is 6.40. The zero-order valence-electron chi connectivity index (χ0n) is 14.2. The minimum Gasteiger partial charge on any atom is -0.348 e. The van der Waals surface area contributed by atoms with Crippen molar-refractivity contribution in [1.29, 1.82) is 0 Å². The largest absolute Gasteiger partial charge is 0.348 e. The van der Waals surface area contributed by atoms with Gasteiger partial charge < -0.3 is 5.32 Å². The maximum atomic E-state index is 12.4. The molecule has 1 amide bonds. The summed E-state index contributed by atoms with van der Waals surface area (Å²) in [6, 6.07) is 14.4. The molecular formula is C19H20N4OS2. The normalized spacial score (nSPS) is 14.9. The number of H-pyrrole nitrogens is 1. The molecule has 0 saturated heterocycles. The predicted molar refractivity (Wildman–Crippen MR) is 104 cm³/mol. The van der Waals surface area contributed by atoms with Gasteiger partial charge in [-0.1, -0.05) is 48.2 Å². The highest BCUT2D eigenvalue weighted by atomic mass is 32.2. The third kappa shape index (κ3) is 4.53. The molecule has 1 aromatic carbocycles. The van der Waals surface area contributed by atoms with E-state index < -0.39 is 0 Å². The summed E-state index contributed by atoms with van der Waals surface area (Å²) in [6.07, 6.45) is 3.11. The summed E-state index contributed by atoms with van der Waals surface area (Å²) in [7, 11) is 0. The highest BCUT2D eigenvalue weighted by Crippen LogP contribution is 2.40. The van der Waals surface area contributed by atoms with Crippen LogP contribution in [0.3, 0.4) is 0 Å². The Labute approximate surface area is 160 Å². The minimum atomic E-state index is 0.0281. The van der Waals surface area contributed by atoms with Crippen LogP contribution in [0.15, 0.2) is 53.0 Å². The number of carbonyl (C=O) groups excluding carboxylic acids is 1. The Kier molecular flexibility index (Phi) is 5.36. The summed E-state index contributed by atoms with van der Waals surface area (Å²) in [5.41, 5.74) is 1.18. The van der Waals surface area contributed by atoms with Gasteiger partial charge in [-0.2, -0.15) is 0 Å². The second-order valence-corrected chi connectivity index (χ2v) is 8.38. The molecule has 0 bridgehead atoms. The SMILES string of the molecule is O=C(CSc1n[nH]c(Cc2cccs2)n1)NC(c1ccccc1)C1CC1. The molecule has 1 saturated carbocycles. The number of amides is 1. The number of aromatic amines is 1. The van der Waals surface area contributed by atoms with Crippen LogP contribution in [-0.4, -0.2) is 26.8 Å². The quantitative estimate of drug-likeness (QED) is 0.579. The number of nitrogens with zero attached hydrogens (tertiary/aromatic N) is 2. The zero-order chi connectivity index (χ0) is 17.8. The van der Waals surface area contributed by atoms with Crippen molar-refractivity contribution in [3.05, 3.63) is 64.1 Å². The van der Waals surface area contributed by atoms with Gasteiger partial charge in [-0.25, -0.2) is 4.98 Å². The van der Waals surface area contributed by atoms with Gasteiger partial charge in [0.2, 0.25) is 11.1 Å². The number of hydrogen-bond donors (Lipinski definition) is 2. The molecule has 134 valence electrons. The molecule has 3 aromatic rings. The average Bonchev–Trinajstić information content (AvgIpc) is 3.19. The molecule has 0 radical (unpaired) electrons. The molecule has 1 aliphatic rings. The molecule has 4 rings (SSSR count). The fraction of sp³-hybridized carbons (Fsp3) is 0.316. The van der Waals surface area contributed by atoms with Crippen molar-refractivity contribution in [2.45, 2.75) is 30.5 Å². The number of benzene rings is 1. The lowest BCUT2D eigenvalue weighted by Gasteiger charge is -2.18. The summed E-state index contributed by atoms with van der Waals surface area (Å²) < 4.78 is 0. The van der Waals surface area contributed by atoms with Crippen molar-refractivity contribution in [2.24, 2.45) is 5.92 Å². The first kappa shape index (κ1) is 17.3. The van der Waals surface area contributed by atoms with E-state index in [0.717, 1.165) is 12.2 Å². The smallest absolute Gasteiger partial charge is 0.230 e. The lowest BCUT2D eigenvalue weighted by Crippen LogP contribution is -2.31. The minimum absolute atomic E-state index is 0.0281. The Morgan fingerprint density at radius 1 is 1.27 bits per heavy atom. The van der Waals surface area contributed by atoms with Crippen LogP contribution in [0.4, 0.5) is 0 Å². The van der Waals surface area contributed by atoms with E-state index in [-0.39, 0.29) is 11.9 Å². The van der Waals surface area contributed by atoms with E-state index in [1.54, 1.807) is 11.3 Å². The van der Waals surface area contributed by atoms with Crippen LogP contribution in [0.5, 0.6) is 0 Å². The van der Waals surface area contributed by atoms with E-state index in [2.05, 4.69) is 44.1 Å². The molecule has 1 aliphatic carbocycles. The van der Waals surface area contributed by atoms with Crippen LogP contribution in [0.1, 0.15) is 35.1 Å². The maximum Gasteiger partial charge on any atom is 0.230 e. The molecule has 1 atom stereocenters. The first-order valence-electron chi connectivity index (χ1n) is 8.69. The molecule has 2 N–H and O–H groups in total. The number of aromatic nitrogens is 3. The van der Waals surface area contributed by atoms with Crippen molar-refractivity contribution in [2.75, 3.05) is 5.75 Å². The third-order valence-electron chi connectivity index (χ3n) is 4.33. The van der Waals surface area contributed by atoms with E-state index >= 15 is 0 Å². The molecule has 2 heterocycles. The van der Waals surface area contributed by atoms with Gasteiger partial charge >= 0.3 is 0 Å². The maximum absolute atomic E-state index is 12.4. The van der Waals surface area contributed by atoms with Crippen molar-refractivity contribution in [1.82, 2.24) is 20.5 Å². The Morgan fingerprint density at radius 2 is 2.12 bits per heavy atom. The van der Waals surface area contributed by atoms with Crippen LogP contribution in [0, 0.1) is 5.92 Å². The van der Waals surface area contributed by atoms with Gasteiger partial charge in [0.1, 0.15) is 5.82 Å². The van der Waals surface area contributed by atoms with Crippen LogP contribution < -0.4 is 5.32 Å². The molecule has 2 aromatic heterocycles. The van der Waals surface area contributed by atoms with Gasteiger partial charge in [0.15, 0.2) is 0 Å². The summed E-state index contributed by atoms with van der Waals surface area (Å²) in [4.78, 5) is 18.1. The number of thioether (sulfide) groups is 1. The van der Waals surface area contributed by atoms with Crippen LogP contribution in [-0.2, 0) is 11.2 Å². The van der Waals surface area contributed by atoms with E-state index in [1.165, 1.54) is 35.0 Å². The molecule has 7 heteroatoms. The Hall–Kier alpha value is -2.12. The second kappa shape index (κ2) is 8.05. The van der Waals surface area contributed by atoms with E-state index in [1.807, 2.05) is 24.3 Å². The van der Waals surface area contributed by atoms with E-state index in [9.17, 15) is 4.79 Å². The Bertz CT molecular complexity index is 844. The third-order valence-corrected chi connectivity index (χ3v) is 6.06. The summed E-state index contributed by atoms with van der Waals surface area (Å²) in [5, 5.41) is 13.0. The first-order valence-corrected chi connectivity index (χ1v) is 10.6. The summed E-state index contributed by atoms with van der Waals surface area (Å²) in [6.45, 7) is 0. The average molecular weight is 385 g/mol. The molecule has 1 unspecified atom stereocenters. The molecular weight excluding hydrogens is 364 g/mol. The number of rotatable bonds is 8. The number of thiophene rings is 1. The van der Waals surface area contributed by atoms with Crippen molar-refractivity contribution >= 4 is 29.0 Å². The Balaban J connectivity index is 1.30. The molecule has 5 nitrogen and oxygen atoms in total. The molecule has 0 aliphatic heterocycles. The van der Waals surface area contributed by atoms with Gasteiger partial charge in [0.05, 0.1) is 11.8 Å². The number of nitrogens with one attached hydrogen (secondary N) is 2. The standard InChI is InChI=1S/C19H20N4OS2/c24-17(21-18(14-8-9-14)13-5-2-1-3-6-13)12-26-19-20-16(22-23-19)11-15-7-4-10-25-15/h1-7,10,14,18H,8-9,11-12H2,(H,21,24)(H,20,22,23). The zero-order valence-corrected chi connectivity index (χ0v) is 15.9. The van der Waals surface area contributed by atoms with Gasteiger partial charge in [-0.15, -0.1) is 16.4 Å². The summed E-state index contributed by atoms with van der Waals surface area (Å²) >= 11 is 3.07. The summed E-state index contributed by atoms with van der Waals surface area (Å²) in [5.74, 6) is 1.75. The molecule has 0 spiro atoms. The lowest BCUT2D eigenvalue weighted by atomic mass is 10.0. The fourth-order valence-electron chi connectivity index (χ4n) is 2.91. The van der Waals surface area contributed by atoms with Crippen molar-refractivity contribution < 1.29 is 4.79 Å². The highest BCUT2D eigenvalue weighted by Gasteiger charge is 2.33. The van der Waals surface area contributed by atoms with Crippen LogP contribution in [0.2, 0.25) is 0 Å². The van der Waals surface area contributed by atoms with Crippen molar-refractivity contribution in [3.8, 4) is 0 Å². The fourth-order valence-corrected chi connectivity index (χ4v) is 4.25. The van der Waals surface area contributed by atoms with E-state index in [4.69, 9.17) is 0 Å². The van der Waals surface area contributed by atoms with E-state index in [0.29, 0.717) is 16.8 Å².